The Morgan fingerprint density at radius 2 is 2.13 bits per heavy atom. The second-order valence-corrected chi connectivity index (χ2v) is 10.1. The molecule has 0 bridgehead atoms. The zero-order valence-electron chi connectivity index (χ0n) is 10.1. The number of hydrogen-bond donors (Lipinski definition) is 2. The van der Waals surface area contributed by atoms with E-state index in [2.05, 4.69) is 38.7 Å². The molecule has 1 atom stereocenters. The van der Waals surface area contributed by atoms with Crippen molar-refractivity contribution in [1.29, 1.82) is 0 Å². The molecule has 0 aromatic rings. The average molecular weight is 223 g/mol. The lowest BCUT2D eigenvalue weighted by Gasteiger charge is -2.24. The van der Waals surface area contributed by atoms with Crippen molar-refractivity contribution < 1.29 is 5.11 Å². The molecule has 15 heavy (non-hydrogen) atoms. The topological polar surface area (TPSA) is 32.3 Å². The van der Waals surface area contributed by atoms with Gasteiger partial charge in [0.05, 0.1) is 0 Å². The van der Waals surface area contributed by atoms with E-state index in [9.17, 15) is 0 Å². The van der Waals surface area contributed by atoms with Crippen molar-refractivity contribution in [2.75, 3.05) is 6.61 Å². The summed E-state index contributed by atoms with van der Waals surface area (Å²) in [5, 5.41) is 15.9. The van der Waals surface area contributed by atoms with Gasteiger partial charge in [-0.25, -0.2) is 0 Å². The Kier molecular flexibility index (Phi) is 2.35. The Bertz CT molecular complexity index is 351. The molecule has 1 aliphatic carbocycles. The van der Waals surface area contributed by atoms with E-state index >= 15 is 0 Å². The summed E-state index contributed by atoms with van der Waals surface area (Å²) < 4.78 is 0. The highest BCUT2D eigenvalue weighted by Gasteiger charge is 2.55. The first kappa shape index (κ1) is 11.0. The monoisotopic (exact) mass is 223 g/mol. The molecule has 0 aromatic carbocycles. The van der Waals surface area contributed by atoms with Gasteiger partial charge in [0.2, 0.25) is 0 Å². The molecule has 3 heteroatoms. The van der Waals surface area contributed by atoms with Crippen LogP contribution in [-0.4, -0.2) is 25.3 Å². The van der Waals surface area contributed by atoms with Gasteiger partial charge in [-0.1, -0.05) is 17.8 Å². The van der Waals surface area contributed by atoms with E-state index in [0.717, 1.165) is 12.5 Å². The molecule has 2 N–H and O–H groups in total. The lowest BCUT2D eigenvalue weighted by molar-refractivity contribution is 0.317. The van der Waals surface area contributed by atoms with E-state index in [1.807, 2.05) is 0 Å². The average Bonchev–Trinajstić information content (AvgIpc) is 2.47. The molecule has 1 aliphatic heterocycles. The number of nitrogens with one attached hydrogen (secondary N) is 1. The molecule has 1 unspecified atom stereocenters. The van der Waals surface area contributed by atoms with Crippen molar-refractivity contribution in [2.45, 2.75) is 45.3 Å². The molecule has 2 rings (SSSR count). The molecule has 1 heterocycles. The van der Waals surface area contributed by atoms with E-state index in [0.29, 0.717) is 6.61 Å². The minimum absolute atomic E-state index is 0.155. The Labute approximate surface area is 93.1 Å². The number of aliphatic hydroxyl groups is 1. The van der Waals surface area contributed by atoms with Crippen LogP contribution in [0.15, 0.2) is 22.2 Å². The van der Waals surface area contributed by atoms with Gasteiger partial charge in [-0.3, -0.25) is 0 Å². The third-order valence-electron chi connectivity index (χ3n) is 3.30. The van der Waals surface area contributed by atoms with Gasteiger partial charge in [0.15, 0.2) is 0 Å². The van der Waals surface area contributed by atoms with Crippen LogP contribution in [0.3, 0.4) is 0 Å². The first-order valence-corrected chi connectivity index (χ1v) is 8.43. The first-order valence-electron chi connectivity index (χ1n) is 5.72. The molecule has 2 nitrogen and oxygen atoms in total. The Morgan fingerprint density at radius 1 is 1.47 bits per heavy atom. The number of rotatable bonds is 3. The van der Waals surface area contributed by atoms with Gasteiger partial charge in [-0.15, -0.1) is 0 Å². The summed E-state index contributed by atoms with van der Waals surface area (Å²) >= 11 is 0. The Hall–Kier alpha value is -0.543. The fourth-order valence-electron chi connectivity index (χ4n) is 2.62. The summed E-state index contributed by atoms with van der Waals surface area (Å²) in [6.07, 6.45) is 3.45. The molecule has 0 amide bonds. The number of hydrogen-bond acceptors (Lipinski definition) is 2. The van der Waals surface area contributed by atoms with Gasteiger partial charge < -0.3 is 10.4 Å². The second-order valence-electron chi connectivity index (χ2n) is 5.86. The summed E-state index contributed by atoms with van der Waals surface area (Å²) in [6.45, 7) is 9.31. The zero-order valence-corrected chi connectivity index (χ0v) is 11.1. The smallest absolute Gasteiger partial charge is 0.119 e. The van der Waals surface area contributed by atoms with Crippen LogP contribution in [0.5, 0.6) is 0 Å². The molecular weight excluding hydrogens is 202 g/mol. The standard InChI is InChI=1S/C12H21NOSi/c1-12(2,3)13-9-5-6-10-11(9)15(10,4)8-7-14/h6,13-14H,5,7-8H2,1-4H3. The maximum absolute atomic E-state index is 9.08. The molecular formula is C12H21NOSi. The number of aliphatic hydroxyl groups excluding tert-OH is 1. The predicted molar refractivity (Wildman–Crippen MR) is 66.1 cm³/mol. The van der Waals surface area contributed by atoms with Crippen molar-refractivity contribution in [3.8, 4) is 0 Å². The third-order valence-corrected chi connectivity index (χ3v) is 7.59. The fourth-order valence-corrected chi connectivity index (χ4v) is 6.74. The van der Waals surface area contributed by atoms with Gasteiger partial charge in [0.25, 0.3) is 0 Å². The summed E-state index contributed by atoms with van der Waals surface area (Å²) in [5.74, 6) is 0. The minimum atomic E-state index is -1.29. The number of allylic oxidation sites excluding steroid dienone is 3. The molecule has 84 valence electrons. The summed E-state index contributed by atoms with van der Waals surface area (Å²) in [5.41, 5.74) is 1.59. The highest BCUT2D eigenvalue weighted by Crippen LogP contribution is 2.55. The lowest BCUT2D eigenvalue weighted by Crippen LogP contribution is -2.35. The molecule has 0 radical (unpaired) electrons. The first-order chi connectivity index (χ1) is 6.88. The largest absolute Gasteiger partial charge is 0.397 e. The predicted octanol–water partition coefficient (Wildman–Crippen LogP) is 2.12. The third kappa shape index (κ3) is 1.79. The lowest BCUT2D eigenvalue weighted by atomic mass is 10.1. The van der Waals surface area contributed by atoms with Crippen LogP contribution >= 0.6 is 0 Å². The summed E-state index contributed by atoms with van der Waals surface area (Å²) in [7, 11) is -1.29. The van der Waals surface area contributed by atoms with Crippen LogP contribution in [0.25, 0.3) is 0 Å². The molecule has 0 aromatic heterocycles. The van der Waals surface area contributed by atoms with Crippen LogP contribution in [0.2, 0.25) is 12.6 Å². The van der Waals surface area contributed by atoms with Crippen molar-refractivity contribution in [1.82, 2.24) is 5.32 Å². The highest BCUT2D eigenvalue weighted by molar-refractivity contribution is 7.07. The molecule has 0 spiro atoms. The summed E-state index contributed by atoms with van der Waals surface area (Å²) in [4.78, 5) is 0. The van der Waals surface area contributed by atoms with E-state index < -0.39 is 8.07 Å². The van der Waals surface area contributed by atoms with E-state index in [1.54, 1.807) is 10.4 Å². The highest BCUT2D eigenvalue weighted by atomic mass is 28.3. The fraction of sp³-hybridized carbons (Fsp3) is 0.667. The van der Waals surface area contributed by atoms with Crippen LogP contribution in [0, 0.1) is 0 Å². The van der Waals surface area contributed by atoms with Crippen LogP contribution in [0.4, 0.5) is 0 Å². The number of fused-ring (bicyclic) bond motifs is 1. The van der Waals surface area contributed by atoms with Gasteiger partial charge in [0.1, 0.15) is 8.07 Å². The van der Waals surface area contributed by atoms with Gasteiger partial charge in [0, 0.05) is 24.3 Å². The van der Waals surface area contributed by atoms with E-state index in [1.165, 1.54) is 5.70 Å². The van der Waals surface area contributed by atoms with Gasteiger partial charge >= 0.3 is 0 Å². The van der Waals surface area contributed by atoms with E-state index in [-0.39, 0.29) is 5.54 Å². The van der Waals surface area contributed by atoms with E-state index in [4.69, 9.17) is 5.11 Å². The van der Waals surface area contributed by atoms with Crippen molar-refractivity contribution in [3.05, 3.63) is 22.2 Å². The quantitative estimate of drug-likeness (QED) is 0.718. The van der Waals surface area contributed by atoms with Crippen LogP contribution in [-0.2, 0) is 0 Å². The Morgan fingerprint density at radius 3 is 2.67 bits per heavy atom. The maximum Gasteiger partial charge on any atom is 0.119 e. The van der Waals surface area contributed by atoms with Crippen molar-refractivity contribution in [3.63, 3.8) is 0 Å². The molecule has 0 saturated carbocycles. The maximum atomic E-state index is 9.08. The SMILES string of the molecule is CC(C)(C)NC1=C2C(=CC1)[Si]2(C)CCO. The Balaban J connectivity index is 2.15. The van der Waals surface area contributed by atoms with Crippen LogP contribution in [0.1, 0.15) is 27.2 Å². The molecule has 1 fully saturated rings. The van der Waals surface area contributed by atoms with Crippen molar-refractivity contribution >= 4 is 8.07 Å². The van der Waals surface area contributed by atoms with Gasteiger partial charge in [-0.05, 0) is 32.0 Å². The zero-order chi connectivity index (χ0) is 11.3. The minimum Gasteiger partial charge on any atom is -0.397 e. The van der Waals surface area contributed by atoms with Crippen LogP contribution < -0.4 is 5.32 Å². The van der Waals surface area contributed by atoms with Gasteiger partial charge in [-0.2, -0.15) is 0 Å². The second kappa shape index (κ2) is 3.22. The molecule has 2 aliphatic rings. The normalized spacial score (nSPS) is 29.0. The molecule has 1 saturated heterocycles. The summed E-state index contributed by atoms with van der Waals surface area (Å²) in [6, 6.07) is 1.00. The van der Waals surface area contributed by atoms with Crippen molar-refractivity contribution in [2.24, 2.45) is 0 Å².